The fourth-order valence-corrected chi connectivity index (χ4v) is 3.11. The molecule has 3 aromatic rings. The van der Waals surface area contributed by atoms with Gasteiger partial charge in [0.25, 0.3) is 0 Å². The molecule has 0 unspecified atom stereocenters. The summed E-state index contributed by atoms with van der Waals surface area (Å²) in [6.07, 6.45) is 2.95. The number of aryl methyl sites for hydroxylation is 2. The lowest BCUT2D eigenvalue weighted by molar-refractivity contribution is -0.116. The highest BCUT2D eigenvalue weighted by Crippen LogP contribution is 2.13. The van der Waals surface area contributed by atoms with Crippen molar-refractivity contribution in [3.8, 4) is 0 Å². The van der Waals surface area contributed by atoms with Gasteiger partial charge in [0.15, 0.2) is 0 Å². The van der Waals surface area contributed by atoms with Gasteiger partial charge in [-0.2, -0.15) is 0 Å². The van der Waals surface area contributed by atoms with E-state index >= 15 is 0 Å². The van der Waals surface area contributed by atoms with Gasteiger partial charge in [0.1, 0.15) is 6.54 Å². The SMILES string of the molecule is Cc1cc(C)cc(NC(=O)Cn2ccn(Cc3ccc(Cl)cc3)c(=O)c2=O)c1. The van der Waals surface area contributed by atoms with Crippen LogP contribution in [0.15, 0.2) is 64.4 Å². The second-order valence-corrected chi connectivity index (χ2v) is 7.15. The molecule has 1 aromatic heterocycles. The highest BCUT2D eigenvalue weighted by atomic mass is 35.5. The van der Waals surface area contributed by atoms with Crippen molar-refractivity contribution in [1.82, 2.24) is 9.13 Å². The van der Waals surface area contributed by atoms with Crippen molar-refractivity contribution in [3.05, 3.63) is 97.3 Å². The van der Waals surface area contributed by atoms with Crippen LogP contribution in [0.4, 0.5) is 5.69 Å². The lowest BCUT2D eigenvalue weighted by Crippen LogP contribution is -2.42. The molecule has 144 valence electrons. The van der Waals surface area contributed by atoms with Crippen molar-refractivity contribution in [3.63, 3.8) is 0 Å². The van der Waals surface area contributed by atoms with Gasteiger partial charge in [0.05, 0.1) is 6.54 Å². The molecule has 0 atom stereocenters. The third-order valence-corrected chi connectivity index (χ3v) is 4.47. The number of nitrogens with one attached hydrogen (secondary N) is 1. The summed E-state index contributed by atoms with van der Waals surface area (Å²) in [5.41, 5.74) is 2.13. The van der Waals surface area contributed by atoms with Crippen molar-refractivity contribution < 1.29 is 4.79 Å². The van der Waals surface area contributed by atoms with Gasteiger partial charge < -0.3 is 9.88 Å². The predicted octanol–water partition coefficient (Wildman–Crippen LogP) is 2.97. The zero-order chi connectivity index (χ0) is 20.3. The highest BCUT2D eigenvalue weighted by Gasteiger charge is 2.10. The molecule has 3 rings (SSSR count). The zero-order valence-electron chi connectivity index (χ0n) is 15.6. The fraction of sp³-hybridized carbons (Fsp3) is 0.190. The monoisotopic (exact) mass is 397 g/mol. The lowest BCUT2D eigenvalue weighted by atomic mass is 10.1. The van der Waals surface area contributed by atoms with Crippen LogP contribution < -0.4 is 16.4 Å². The molecule has 7 heteroatoms. The van der Waals surface area contributed by atoms with Crippen LogP contribution in [0.2, 0.25) is 5.02 Å². The maximum atomic E-state index is 12.4. The highest BCUT2D eigenvalue weighted by molar-refractivity contribution is 6.30. The minimum Gasteiger partial charge on any atom is -0.325 e. The second-order valence-electron chi connectivity index (χ2n) is 6.72. The number of anilines is 1. The fourth-order valence-electron chi connectivity index (χ4n) is 2.98. The van der Waals surface area contributed by atoms with Gasteiger partial charge >= 0.3 is 11.1 Å². The first-order valence-corrected chi connectivity index (χ1v) is 9.12. The lowest BCUT2D eigenvalue weighted by Gasteiger charge is -2.10. The van der Waals surface area contributed by atoms with Crippen LogP contribution in [0.5, 0.6) is 0 Å². The minimum absolute atomic E-state index is 0.233. The zero-order valence-corrected chi connectivity index (χ0v) is 16.4. The molecule has 0 aliphatic rings. The van der Waals surface area contributed by atoms with Crippen LogP contribution >= 0.6 is 11.6 Å². The molecule has 0 aliphatic carbocycles. The first kappa shape index (κ1) is 19.6. The molecule has 28 heavy (non-hydrogen) atoms. The van der Waals surface area contributed by atoms with Crippen molar-refractivity contribution in [2.45, 2.75) is 26.9 Å². The van der Waals surface area contributed by atoms with Crippen molar-refractivity contribution >= 4 is 23.2 Å². The van der Waals surface area contributed by atoms with Gasteiger partial charge in [-0.1, -0.05) is 29.8 Å². The van der Waals surface area contributed by atoms with E-state index in [4.69, 9.17) is 11.6 Å². The summed E-state index contributed by atoms with van der Waals surface area (Å²) >= 11 is 5.86. The number of benzene rings is 2. The van der Waals surface area contributed by atoms with E-state index in [0.717, 1.165) is 21.3 Å². The Hall–Kier alpha value is -3.12. The topological polar surface area (TPSA) is 73.1 Å². The normalized spacial score (nSPS) is 10.7. The van der Waals surface area contributed by atoms with Crippen LogP contribution in [0.25, 0.3) is 0 Å². The Morgan fingerprint density at radius 3 is 2.14 bits per heavy atom. The molecule has 1 heterocycles. The summed E-state index contributed by atoms with van der Waals surface area (Å²) in [5, 5.41) is 3.36. The molecule has 0 bridgehead atoms. The molecule has 0 fully saturated rings. The molecule has 1 N–H and O–H groups in total. The number of hydrogen-bond donors (Lipinski definition) is 1. The van der Waals surface area contributed by atoms with Gasteiger partial charge in [-0.05, 0) is 54.8 Å². The number of aromatic nitrogens is 2. The molecular formula is C21H20ClN3O3. The van der Waals surface area contributed by atoms with Gasteiger partial charge in [-0.25, -0.2) is 0 Å². The van der Waals surface area contributed by atoms with E-state index in [1.165, 1.54) is 17.0 Å². The Bertz CT molecular complexity index is 1110. The molecule has 0 saturated heterocycles. The third kappa shape index (κ3) is 4.78. The standard InChI is InChI=1S/C21H20ClN3O3/c1-14-9-15(2)11-18(10-14)23-19(26)13-25-8-7-24(20(27)21(25)28)12-16-3-5-17(22)6-4-16/h3-11H,12-13H2,1-2H3,(H,23,26). The van der Waals surface area contributed by atoms with E-state index < -0.39 is 11.1 Å². The van der Waals surface area contributed by atoms with E-state index in [-0.39, 0.29) is 19.0 Å². The maximum absolute atomic E-state index is 12.4. The van der Waals surface area contributed by atoms with Crippen molar-refractivity contribution in [2.75, 3.05) is 5.32 Å². The first-order valence-electron chi connectivity index (χ1n) is 8.74. The summed E-state index contributed by atoms with van der Waals surface area (Å²) in [5.74, 6) is -0.373. The smallest absolute Gasteiger partial charge is 0.316 e. The number of nitrogens with zero attached hydrogens (tertiary/aromatic N) is 2. The number of halogens is 1. The van der Waals surface area contributed by atoms with E-state index in [9.17, 15) is 14.4 Å². The Balaban J connectivity index is 1.75. The third-order valence-electron chi connectivity index (χ3n) is 4.22. The minimum atomic E-state index is -0.743. The Labute approximate surface area is 167 Å². The van der Waals surface area contributed by atoms with Crippen LogP contribution in [0.1, 0.15) is 16.7 Å². The number of amides is 1. The summed E-state index contributed by atoms with van der Waals surface area (Å²) in [6, 6.07) is 12.7. The summed E-state index contributed by atoms with van der Waals surface area (Å²) in [6.45, 7) is 3.89. The van der Waals surface area contributed by atoms with E-state index in [2.05, 4.69) is 5.32 Å². The average molecular weight is 398 g/mol. The van der Waals surface area contributed by atoms with Crippen LogP contribution in [-0.2, 0) is 17.9 Å². The van der Waals surface area contributed by atoms with Crippen molar-refractivity contribution in [1.29, 1.82) is 0 Å². The quantitative estimate of drug-likeness (QED) is 0.673. The van der Waals surface area contributed by atoms with Gasteiger partial charge in [0.2, 0.25) is 5.91 Å². The molecule has 1 amide bonds. The summed E-state index contributed by atoms with van der Waals surface area (Å²) < 4.78 is 2.42. The number of carbonyl (C=O) groups is 1. The average Bonchev–Trinajstić information content (AvgIpc) is 2.62. The van der Waals surface area contributed by atoms with E-state index in [1.54, 1.807) is 24.3 Å². The number of hydrogen-bond acceptors (Lipinski definition) is 3. The molecule has 0 spiro atoms. The van der Waals surface area contributed by atoms with E-state index in [1.807, 2.05) is 32.0 Å². The Morgan fingerprint density at radius 2 is 1.50 bits per heavy atom. The predicted molar refractivity (Wildman–Crippen MR) is 110 cm³/mol. The number of rotatable bonds is 5. The Morgan fingerprint density at radius 1 is 0.929 bits per heavy atom. The first-order chi connectivity index (χ1) is 13.3. The molecule has 6 nitrogen and oxygen atoms in total. The molecule has 0 radical (unpaired) electrons. The number of carbonyl (C=O) groups excluding carboxylic acids is 1. The van der Waals surface area contributed by atoms with Gasteiger partial charge in [-0.15, -0.1) is 0 Å². The largest absolute Gasteiger partial charge is 0.325 e. The second kappa shape index (κ2) is 8.27. The maximum Gasteiger partial charge on any atom is 0.316 e. The van der Waals surface area contributed by atoms with Crippen LogP contribution in [-0.4, -0.2) is 15.0 Å². The van der Waals surface area contributed by atoms with Gasteiger partial charge in [0, 0.05) is 23.1 Å². The summed E-state index contributed by atoms with van der Waals surface area (Å²) in [4.78, 5) is 37.0. The molecule has 0 saturated carbocycles. The molecule has 0 aliphatic heterocycles. The summed E-state index contributed by atoms with van der Waals surface area (Å²) in [7, 11) is 0. The Kier molecular flexibility index (Phi) is 5.80. The van der Waals surface area contributed by atoms with E-state index in [0.29, 0.717) is 10.7 Å². The van der Waals surface area contributed by atoms with Crippen LogP contribution in [0.3, 0.4) is 0 Å². The van der Waals surface area contributed by atoms with Crippen LogP contribution in [0, 0.1) is 13.8 Å². The van der Waals surface area contributed by atoms with Crippen molar-refractivity contribution in [2.24, 2.45) is 0 Å². The molecular weight excluding hydrogens is 378 g/mol. The van der Waals surface area contributed by atoms with Gasteiger partial charge in [-0.3, -0.25) is 19.0 Å². The molecule has 2 aromatic carbocycles.